The lowest BCUT2D eigenvalue weighted by Crippen LogP contribution is -2.30. The van der Waals surface area contributed by atoms with Crippen LogP contribution in [-0.2, 0) is 6.42 Å². The SMILES string of the molecule is CCc1ccccc1NC(=S)NCCCNc1nc2c(C)c(C)ccc2cc1C#N. The van der Waals surface area contributed by atoms with E-state index in [1.165, 1.54) is 11.1 Å². The molecule has 1 aromatic heterocycles. The van der Waals surface area contributed by atoms with Crippen molar-refractivity contribution in [3.05, 3.63) is 64.7 Å². The summed E-state index contributed by atoms with van der Waals surface area (Å²) in [5.41, 5.74) is 6.12. The molecule has 0 aliphatic carbocycles. The molecule has 0 radical (unpaired) electrons. The van der Waals surface area contributed by atoms with Crippen molar-refractivity contribution < 1.29 is 0 Å². The zero-order chi connectivity index (χ0) is 21.5. The predicted octanol–water partition coefficient (Wildman–Crippen LogP) is 5.07. The maximum Gasteiger partial charge on any atom is 0.170 e. The summed E-state index contributed by atoms with van der Waals surface area (Å²) in [7, 11) is 0. The first-order valence-electron chi connectivity index (χ1n) is 10.2. The Kier molecular flexibility index (Phi) is 7.21. The molecule has 3 aromatic rings. The van der Waals surface area contributed by atoms with Crippen molar-refractivity contribution in [1.82, 2.24) is 10.3 Å². The van der Waals surface area contributed by atoms with Gasteiger partial charge in [0.25, 0.3) is 0 Å². The number of aryl methyl sites for hydroxylation is 3. The van der Waals surface area contributed by atoms with Crippen molar-refractivity contribution in [1.29, 1.82) is 5.26 Å². The molecule has 5 nitrogen and oxygen atoms in total. The lowest BCUT2D eigenvalue weighted by Gasteiger charge is -2.14. The Morgan fingerprint density at radius 1 is 1.13 bits per heavy atom. The number of pyridine rings is 1. The van der Waals surface area contributed by atoms with Crippen molar-refractivity contribution in [3.8, 4) is 6.07 Å². The summed E-state index contributed by atoms with van der Waals surface area (Å²) in [6, 6.07) is 16.4. The van der Waals surface area contributed by atoms with Gasteiger partial charge in [0.2, 0.25) is 0 Å². The summed E-state index contributed by atoms with van der Waals surface area (Å²) in [6.45, 7) is 7.68. The van der Waals surface area contributed by atoms with E-state index in [-0.39, 0.29) is 0 Å². The van der Waals surface area contributed by atoms with Crippen LogP contribution in [0.15, 0.2) is 42.5 Å². The summed E-state index contributed by atoms with van der Waals surface area (Å²) in [4.78, 5) is 4.72. The van der Waals surface area contributed by atoms with Crippen molar-refractivity contribution in [2.75, 3.05) is 23.7 Å². The number of hydrogen-bond donors (Lipinski definition) is 3. The van der Waals surface area contributed by atoms with Crippen LogP contribution in [0, 0.1) is 25.2 Å². The number of rotatable bonds is 7. The number of benzene rings is 2. The second-order valence-electron chi connectivity index (χ2n) is 7.25. The van der Waals surface area contributed by atoms with Crippen LogP contribution in [0.5, 0.6) is 0 Å². The number of thiocarbonyl (C=S) groups is 1. The second-order valence-corrected chi connectivity index (χ2v) is 7.66. The zero-order valence-electron chi connectivity index (χ0n) is 17.7. The van der Waals surface area contributed by atoms with Crippen LogP contribution in [0.3, 0.4) is 0 Å². The molecule has 2 aromatic carbocycles. The molecular weight excluding hydrogens is 390 g/mol. The molecule has 1 heterocycles. The third-order valence-corrected chi connectivity index (χ3v) is 5.46. The van der Waals surface area contributed by atoms with Crippen molar-refractivity contribution in [2.45, 2.75) is 33.6 Å². The van der Waals surface area contributed by atoms with Gasteiger partial charge in [0.15, 0.2) is 5.11 Å². The van der Waals surface area contributed by atoms with Crippen LogP contribution in [0.1, 0.15) is 35.6 Å². The Bertz CT molecular complexity index is 1100. The van der Waals surface area contributed by atoms with Gasteiger partial charge in [-0.3, -0.25) is 0 Å². The lowest BCUT2D eigenvalue weighted by atomic mass is 10.0. The van der Waals surface area contributed by atoms with Crippen LogP contribution in [0.25, 0.3) is 10.9 Å². The van der Waals surface area contributed by atoms with Crippen LogP contribution in [0.4, 0.5) is 11.5 Å². The highest BCUT2D eigenvalue weighted by Crippen LogP contribution is 2.24. The van der Waals surface area contributed by atoms with Gasteiger partial charge in [-0.25, -0.2) is 4.98 Å². The minimum absolute atomic E-state index is 0.562. The number of nitrogens with zero attached hydrogens (tertiary/aromatic N) is 2. The normalized spacial score (nSPS) is 10.5. The van der Waals surface area contributed by atoms with Gasteiger partial charge in [-0.2, -0.15) is 5.26 Å². The van der Waals surface area contributed by atoms with Crippen LogP contribution < -0.4 is 16.0 Å². The average Bonchev–Trinajstić information content (AvgIpc) is 2.76. The lowest BCUT2D eigenvalue weighted by molar-refractivity contribution is 0.807. The summed E-state index contributed by atoms with van der Waals surface area (Å²) in [5.74, 6) is 0.635. The van der Waals surface area contributed by atoms with Crippen molar-refractivity contribution in [3.63, 3.8) is 0 Å². The van der Waals surface area contributed by atoms with Gasteiger partial charge in [-0.1, -0.05) is 37.3 Å². The molecule has 0 saturated heterocycles. The van der Waals surface area contributed by atoms with Crippen molar-refractivity contribution >= 4 is 39.7 Å². The highest BCUT2D eigenvalue weighted by atomic mass is 32.1. The minimum atomic E-state index is 0.562. The van der Waals surface area contributed by atoms with E-state index < -0.39 is 0 Å². The molecular formula is C24H27N5S. The first-order chi connectivity index (χ1) is 14.5. The van der Waals surface area contributed by atoms with Gasteiger partial charge in [-0.05, 0) is 67.7 Å². The number of fused-ring (bicyclic) bond motifs is 1. The summed E-state index contributed by atoms with van der Waals surface area (Å²) in [5, 5.41) is 20.9. The van der Waals surface area contributed by atoms with Crippen LogP contribution >= 0.6 is 12.2 Å². The van der Waals surface area contributed by atoms with E-state index in [0.717, 1.165) is 41.5 Å². The van der Waals surface area contributed by atoms with E-state index >= 15 is 0 Å². The molecule has 0 bridgehead atoms. The maximum absolute atomic E-state index is 9.49. The molecule has 6 heteroatoms. The zero-order valence-corrected chi connectivity index (χ0v) is 18.5. The number of nitrogens with one attached hydrogen (secondary N) is 3. The number of para-hydroxylation sites is 1. The molecule has 30 heavy (non-hydrogen) atoms. The van der Waals surface area contributed by atoms with Crippen LogP contribution in [0.2, 0.25) is 0 Å². The largest absolute Gasteiger partial charge is 0.369 e. The number of nitriles is 1. The molecule has 0 unspecified atom stereocenters. The van der Waals surface area contributed by atoms with Gasteiger partial charge >= 0.3 is 0 Å². The van der Waals surface area contributed by atoms with E-state index in [2.05, 4.69) is 54.9 Å². The fraction of sp³-hybridized carbons (Fsp3) is 0.292. The Balaban J connectivity index is 1.54. The third kappa shape index (κ3) is 5.05. The molecule has 0 aliphatic heterocycles. The monoisotopic (exact) mass is 417 g/mol. The number of hydrogen-bond acceptors (Lipinski definition) is 4. The van der Waals surface area contributed by atoms with E-state index in [1.807, 2.05) is 30.3 Å². The molecule has 0 fully saturated rings. The quantitative estimate of drug-likeness (QED) is 0.368. The first kappa shape index (κ1) is 21.5. The highest BCUT2D eigenvalue weighted by molar-refractivity contribution is 7.80. The first-order valence-corrected chi connectivity index (χ1v) is 10.6. The number of aromatic nitrogens is 1. The second kappa shape index (κ2) is 10.0. The number of anilines is 2. The van der Waals surface area contributed by atoms with Gasteiger partial charge in [0.1, 0.15) is 11.9 Å². The van der Waals surface area contributed by atoms with Gasteiger partial charge < -0.3 is 16.0 Å². The minimum Gasteiger partial charge on any atom is -0.369 e. The Hall–Kier alpha value is -3.17. The smallest absolute Gasteiger partial charge is 0.170 e. The standard InChI is InChI=1S/C24H27N5S/c1-4-18-8-5-6-9-21(18)28-24(30)27-13-7-12-26-23-20(15-25)14-19-11-10-16(2)17(3)22(19)29-23/h5-6,8-11,14H,4,7,12-13H2,1-3H3,(H,26,29)(H2,27,28,30). The van der Waals surface area contributed by atoms with Crippen molar-refractivity contribution in [2.24, 2.45) is 0 Å². The molecule has 154 valence electrons. The Morgan fingerprint density at radius 2 is 1.93 bits per heavy atom. The molecule has 3 N–H and O–H groups in total. The molecule has 0 saturated carbocycles. The molecule has 3 rings (SSSR count). The molecule has 0 aliphatic rings. The highest BCUT2D eigenvalue weighted by Gasteiger charge is 2.09. The summed E-state index contributed by atoms with van der Waals surface area (Å²) < 4.78 is 0. The molecule has 0 amide bonds. The summed E-state index contributed by atoms with van der Waals surface area (Å²) >= 11 is 5.41. The fourth-order valence-electron chi connectivity index (χ4n) is 3.32. The predicted molar refractivity (Wildman–Crippen MR) is 129 cm³/mol. The van der Waals surface area contributed by atoms with E-state index in [9.17, 15) is 5.26 Å². The average molecular weight is 418 g/mol. The Morgan fingerprint density at radius 3 is 2.70 bits per heavy atom. The van der Waals surface area contributed by atoms with Gasteiger partial charge in [0.05, 0.1) is 11.1 Å². The van der Waals surface area contributed by atoms with E-state index in [1.54, 1.807) is 0 Å². The van der Waals surface area contributed by atoms with Crippen LogP contribution in [-0.4, -0.2) is 23.2 Å². The van der Waals surface area contributed by atoms with Gasteiger partial charge in [0, 0.05) is 24.2 Å². The van der Waals surface area contributed by atoms with E-state index in [4.69, 9.17) is 17.2 Å². The third-order valence-electron chi connectivity index (χ3n) is 5.21. The molecule has 0 atom stereocenters. The Labute approximate surface area is 183 Å². The fourth-order valence-corrected chi connectivity index (χ4v) is 3.53. The molecule has 0 spiro atoms. The summed E-state index contributed by atoms with van der Waals surface area (Å²) in [6.07, 6.45) is 1.79. The topological polar surface area (TPSA) is 72.8 Å². The maximum atomic E-state index is 9.49. The van der Waals surface area contributed by atoms with Gasteiger partial charge in [-0.15, -0.1) is 0 Å². The van der Waals surface area contributed by atoms with E-state index in [0.29, 0.717) is 23.0 Å².